The molecule has 2 aromatic rings. The summed E-state index contributed by atoms with van der Waals surface area (Å²) in [4.78, 5) is 4.15. The van der Waals surface area contributed by atoms with Crippen molar-refractivity contribution in [2.75, 3.05) is 5.32 Å². The first-order valence-electron chi connectivity index (χ1n) is 5.71. The third-order valence-electron chi connectivity index (χ3n) is 2.64. The summed E-state index contributed by atoms with van der Waals surface area (Å²) in [5.41, 5.74) is 3.72. The van der Waals surface area contributed by atoms with Gasteiger partial charge >= 0.3 is 0 Å². The van der Waals surface area contributed by atoms with Gasteiger partial charge < -0.3 is 5.32 Å². The maximum atomic E-state index is 4.15. The maximum absolute atomic E-state index is 4.15. The molecule has 0 fully saturated rings. The molecule has 1 aromatic heterocycles. The lowest BCUT2D eigenvalue weighted by Crippen LogP contribution is -2.02. The predicted molar refractivity (Wildman–Crippen MR) is 75.1 cm³/mol. The molecule has 0 aliphatic heterocycles. The van der Waals surface area contributed by atoms with Crippen LogP contribution >= 0.6 is 15.9 Å². The highest BCUT2D eigenvalue weighted by Gasteiger charge is 1.99. The first-order chi connectivity index (χ1) is 8.29. The van der Waals surface area contributed by atoms with Gasteiger partial charge in [-0.3, -0.25) is 4.98 Å². The van der Waals surface area contributed by atoms with E-state index in [9.17, 15) is 0 Å². The molecule has 0 aliphatic carbocycles. The molecule has 0 radical (unpaired) electrons. The summed E-state index contributed by atoms with van der Waals surface area (Å²) in [6.45, 7) is 2.96. The standard InChI is InChI=1S/C14H15BrN2/c1-2-12-5-3-4-6-14(12)17-9-11-7-13(15)10-16-8-11/h3-8,10,17H,2,9H2,1H3. The van der Waals surface area contributed by atoms with Crippen LogP contribution in [0.25, 0.3) is 0 Å². The fraction of sp³-hybridized carbons (Fsp3) is 0.214. The number of aryl methyl sites for hydroxylation is 1. The smallest absolute Gasteiger partial charge is 0.0416 e. The van der Waals surface area contributed by atoms with Crippen molar-refractivity contribution in [1.82, 2.24) is 4.98 Å². The largest absolute Gasteiger partial charge is 0.381 e. The third-order valence-corrected chi connectivity index (χ3v) is 3.08. The van der Waals surface area contributed by atoms with Crippen molar-refractivity contribution in [3.63, 3.8) is 0 Å². The first kappa shape index (κ1) is 12.1. The zero-order valence-corrected chi connectivity index (χ0v) is 11.4. The van der Waals surface area contributed by atoms with Crippen LogP contribution in [0.1, 0.15) is 18.1 Å². The van der Waals surface area contributed by atoms with Gasteiger partial charge in [0.2, 0.25) is 0 Å². The molecule has 88 valence electrons. The van der Waals surface area contributed by atoms with Crippen LogP contribution in [-0.2, 0) is 13.0 Å². The van der Waals surface area contributed by atoms with Crippen molar-refractivity contribution < 1.29 is 0 Å². The molecule has 17 heavy (non-hydrogen) atoms. The lowest BCUT2D eigenvalue weighted by molar-refractivity contribution is 1.07. The van der Waals surface area contributed by atoms with Crippen molar-refractivity contribution >= 4 is 21.6 Å². The molecule has 0 saturated heterocycles. The number of benzene rings is 1. The zero-order valence-electron chi connectivity index (χ0n) is 9.78. The number of halogens is 1. The second-order valence-electron chi connectivity index (χ2n) is 3.88. The van der Waals surface area contributed by atoms with Gasteiger partial charge in [-0.2, -0.15) is 0 Å². The number of nitrogens with one attached hydrogen (secondary N) is 1. The molecule has 1 aromatic carbocycles. The van der Waals surface area contributed by atoms with Crippen molar-refractivity contribution in [1.29, 1.82) is 0 Å². The molecule has 2 rings (SSSR count). The lowest BCUT2D eigenvalue weighted by Gasteiger charge is -2.10. The number of nitrogens with zero attached hydrogens (tertiary/aromatic N) is 1. The van der Waals surface area contributed by atoms with Gasteiger partial charge in [-0.15, -0.1) is 0 Å². The fourth-order valence-corrected chi connectivity index (χ4v) is 2.16. The Morgan fingerprint density at radius 3 is 2.82 bits per heavy atom. The van der Waals surface area contributed by atoms with Crippen LogP contribution in [0, 0.1) is 0 Å². The highest BCUT2D eigenvalue weighted by molar-refractivity contribution is 9.10. The van der Waals surface area contributed by atoms with Crippen LogP contribution in [-0.4, -0.2) is 4.98 Å². The van der Waals surface area contributed by atoms with E-state index in [0.717, 1.165) is 17.4 Å². The maximum Gasteiger partial charge on any atom is 0.0416 e. The molecule has 2 nitrogen and oxygen atoms in total. The summed E-state index contributed by atoms with van der Waals surface area (Å²) in [6.07, 6.45) is 4.72. The Balaban J connectivity index is 2.07. The quantitative estimate of drug-likeness (QED) is 0.920. The Hall–Kier alpha value is -1.35. The number of hydrogen-bond donors (Lipinski definition) is 1. The van der Waals surface area contributed by atoms with Gasteiger partial charge in [0.25, 0.3) is 0 Å². The van der Waals surface area contributed by atoms with E-state index in [0.29, 0.717) is 0 Å². The number of para-hydroxylation sites is 1. The Kier molecular flexibility index (Phi) is 4.15. The Morgan fingerprint density at radius 1 is 1.24 bits per heavy atom. The molecule has 0 saturated carbocycles. The van der Waals surface area contributed by atoms with Gasteiger partial charge in [-0.05, 0) is 45.6 Å². The molecule has 1 N–H and O–H groups in total. The number of hydrogen-bond acceptors (Lipinski definition) is 2. The first-order valence-corrected chi connectivity index (χ1v) is 6.50. The number of aromatic nitrogens is 1. The summed E-state index contributed by atoms with van der Waals surface area (Å²) >= 11 is 3.43. The van der Waals surface area contributed by atoms with Crippen LogP contribution in [0.4, 0.5) is 5.69 Å². The van der Waals surface area contributed by atoms with E-state index in [1.165, 1.54) is 16.8 Å². The molecule has 0 aliphatic rings. The molecule has 1 heterocycles. The molecule has 0 unspecified atom stereocenters. The number of anilines is 1. The van der Waals surface area contributed by atoms with Gasteiger partial charge in [-0.1, -0.05) is 25.1 Å². The van der Waals surface area contributed by atoms with Crippen LogP contribution < -0.4 is 5.32 Å². The van der Waals surface area contributed by atoms with E-state index >= 15 is 0 Å². The van der Waals surface area contributed by atoms with E-state index in [1.54, 1.807) is 6.20 Å². The van der Waals surface area contributed by atoms with Crippen molar-refractivity contribution in [2.45, 2.75) is 19.9 Å². The highest BCUT2D eigenvalue weighted by Crippen LogP contribution is 2.17. The Labute approximate surface area is 110 Å². The second-order valence-corrected chi connectivity index (χ2v) is 4.79. The summed E-state index contributed by atoms with van der Waals surface area (Å²) in [5, 5.41) is 3.45. The zero-order chi connectivity index (χ0) is 12.1. The molecular weight excluding hydrogens is 276 g/mol. The summed E-state index contributed by atoms with van der Waals surface area (Å²) < 4.78 is 1.01. The third kappa shape index (κ3) is 3.30. The normalized spacial score (nSPS) is 10.2. The Bertz CT molecular complexity index is 497. The SMILES string of the molecule is CCc1ccccc1NCc1cncc(Br)c1. The fourth-order valence-electron chi connectivity index (χ4n) is 1.75. The van der Waals surface area contributed by atoms with E-state index in [1.807, 2.05) is 6.20 Å². The molecule has 0 atom stereocenters. The van der Waals surface area contributed by atoms with Crippen LogP contribution in [0.5, 0.6) is 0 Å². The molecule has 0 spiro atoms. The molecule has 0 bridgehead atoms. The van der Waals surface area contributed by atoms with E-state index < -0.39 is 0 Å². The minimum absolute atomic E-state index is 0.795. The average molecular weight is 291 g/mol. The topological polar surface area (TPSA) is 24.9 Å². The molecular formula is C14H15BrN2. The summed E-state index contributed by atoms with van der Waals surface area (Å²) in [7, 11) is 0. The van der Waals surface area contributed by atoms with E-state index in [4.69, 9.17) is 0 Å². The van der Waals surface area contributed by atoms with Crippen LogP contribution in [0.15, 0.2) is 47.2 Å². The van der Waals surface area contributed by atoms with Gasteiger partial charge in [-0.25, -0.2) is 0 Å². The van der Waals surface area contributed by atoms with E-state index in [-0.39, 0.29) is 0 Å². The minimum atomic E-state index is 0.795. The molecule has 3 heteroatoms. The van der Waals surface area contributed by atoms with Gasteiger partial charge in [0.05, 0.1) is 0 Å². The average Bonchev–Trinajstić information content (AvgIpc) is 2.37. The van der Waals surface area contributed by atoms with Gasteiger partial charge in [0.15, 0.2) is 0 Å². The van der Waals surface area contributed by atoms with Gasteiger partial charge in [0.1, 0.15) is 0 Å². The highest BCUT2D eigenvalue weighted by atomic mass is 79.9. The molecule has 0 amide bonds. The minimum Gasteiger partial charge on any atom is -0.381 e. The summed E-state index contributed by atoms with van der Waals surface area (Å²) in [5.74, 6) is 0. The van der Waals surface area contributed by atoms with Crippen molar-refractivity contribution in [3.8, 4) is 0 Å². The second kappa shape index (κ2) is 5.82. The number of rotatable bonds is 4. The summed E-state index contributed by atoms with van der Waals surface area (Å²) in [6, 6.07) is 10.5. The monoisotopic (exact) mass is 290 g/mol. The van der Waals surface area contributed by atoms with Crippen LogP contribution in [0.3, 0.4) is 0 Å². The van der Waals surface area contributed by atoms with Crippen molar-refractivity contribution in [3.05, 3.63) is 58.3 Å². The van der Waals surface area contributed by atoms with Gasteiger partial charge in [0, 0.05) is 29.1 Å². The van der Waals surface area contributed by atoms with E-state index in [2.05, 4.69) is 63.5 Å². The van der Waals surface area contributed by atoms with Crippen LogP contribution in [0.2, 0.25) is 0 Å². The predicted octanol–water partition coefficient (Wildman–Crippen LogP) is 4.02. The number of pyridine rings is 1. The Morgan fingerprint density at radius 2 is 2.06 bits per heavy atom. The van der Waals surface area contributed by atoms with Crippen molar-refractivity contribution in [2.24, 2.45) is 0 Å². The lowest BCUT2D eigenvalue weighted by atomic mass is 10.1.